The summed E-state index contributed by atoms with van der Waals surface area (Å²) in [6.07, 6.45) is 1.19. The Labute approximate surface area is 187 Å². The number of sulfonamides is 1. The summed E-state index contributed by atoms with van der Waals surface area (Å²) in [5.41, 5.74) is 0.961. The monoisotopic (exact) mass is 453 g/mol. The molecule has 2 heterocycles. The van der Waals surface area contributed by atoms with Crippen LogP contribution in [0.5, 0.6) is 5.75 Å². The second-order valence-electron chi connectivity index (χ2n) is 9.98. The van der Waals surface area contributed by atoms with Crippen LogP contribution < -0.4 is 9.46 Å². The molecule has 1 atom stereocenters. The minimum Gasteiger partial charge on any atom is -0.492 e. The SMILES string of the molecule is CC(C)c1ccc2c(c1)OCC1(CCN(C(C)C)CC1)CN(C)CC(O)CNS2(=O)=O. The number of ether oxygens (including phenoxy) is 1. The molecule has 8 heteroatoms. The van der Waals surface area contributed by atoms with Gasteiger partial charge in [0, 0.05) is 31.1 Å². The largest absolute Gasteiger partial charge is 0.492 e. The first-order valence-corrected chi connectivity index (χ1v) is 12.9. The lowest BCUT2D eigenvalue weighted by Gasteiger charge is -2.45. The van der Waals surface area contributed by atoms with Crippen molar-refractivity contribution in [3.05, 3.63) is 23.8 Å². The van der Waals surface area contributed by atoms with Crippen LogP contribution in [0, 0.1) is 5.41 Å². The molecule has 2 aliphatic heterocycles. The average molecular weight is 454 g/mol. The molecule has 0 radical (unpaired) electrons. The van der Waals surface area contributed by atoms with Crippen LogP contribution in [0.1, 0.15) is 52.0 Å². The van der Waals surface area contributed by atoms with Crippen molar-refractivity contribution in [2.24, 2.45) is 5.41 Å². The maximum atomic E-state index is 13.0. The predicted molar refractivity (Wildman–Crippen MR) is 123 cm³/mol. The average Bonchev–Trinajstić information content (AvgIpc) is 2.70. The van der Waals surface area contributed by atoms with E-state index < -0.39 is 16.1 Å². The van der Waals surface area contributed by atoms with Gasteiger partial charge in [-0.25, -0.2) is 13.1 Å². The van der Waals surface area contributed by atoms with Crippen LogP contribution in [-0.4, -0.2) is 81.8 Å². The highest BCUT2D eigenvalue weighted by Gasteiger charge is 2.38. The van der Waals surface area contributed by atoms with Gasteiger partial charge in [-0.15, -0.1) is 0 Å². The standard InChI is InChI=1S/C23H39N3O4S/c1-17(2)19-6-7-22-21(12-19)30-16-23(8-10-26(11-9-23)18(3)4)15-25(5)14-20(27)13-24-31(22,28)29/h6-7,12,17-18,20,24,27H,8-11,13-16H2,1-5H3. The number of rotatable bonds is 2. The number of benzene rings is 1. The molecule has 3 rings (SSSR count). The highest BCUT2D eigenvalue weighted by atomic mass is 32.2. The summed E-state index contributed by atoms with van der Waals surface area (Å²) in [5.74, 6) is 0.671. The van der Waals surface area contributed by atoms with Crippen molar-refractivity contribution in [2.75, 3.05) is 46.4 Å². The van der Waals surface area contributed by atoms with Crippen molar-refractivity contribution in [3.8, 4) is 5.75 Å². The molecule has 2 N–H and O–H groups in total. The first-order chi connectivity index (χ1) is 14.5. The van der Waals surface area contributed by atoms with Gasteiger partial charge >= 0.3 is 0 Å². The first-order valence-electron chi connectivity index (χ1n) is 11.4. The van der Waals surface area contributed by atoms with E-state index in [0.717, 1.165) is 38.0 Å². The molecule has 0 aliphatic carbocycles. The van der Waals surface area contributed by atoms with Gasteiger partial charge in [0.1, 0.15) is 10.6 Å². The molecule has 2 aliphatic rings. The van der Waals surface area contributed by atoms with Crippen LogP contribution in [0.3, 0.4) is 0 Å². The summed E-state index contributed by atoms with van der Waals surface area (Å²) < 4.78 is 34.8. The maximum absolute atomic E-state index is 13.0. The quantitative estimate of drug-likeness (QED) is 0.715. The number of β-amino-alcohol motifs (C(OH)–C–C–N with tert-alkyl or cyclic N) is 1. The summed E-state index contributed by atoms with van der Waals surface area (Å²) >= 11 is 0. The van der Waals surface area contributed by atoms with E-state index in [1.54, 1.807) is 6.07 Å². The molecule has 1 aromatic rings. The number of hydrogen-bond acceptors (Lipinski definition) is 6. The number of nitrogens with one attached hydrogen (secondary N) is 1. The lowest BCUT2D eigenvalue weighted by Crippen LogP contribution is -2.51. The van der Waals surface area contributed by atoms with E-state index in [1.807, 2.05) is 19.2 Å². The second-order valence-corrected chi connectivity index (χ2v) is 11.7. The van der Waals surface area contributed by atoms with Gasteiger partial charge in [0.25, 0.3) is 0 Å². The number of piperidine rings is 1. The van der Waals surface area contributed by atoms with Gasteiger partial charge in [0.15, 0.2) is 0 Å². The lowest BCUT2D eigenvalue weighted by atomic mass is 9.78. The van der Waals surface area contributed by atoms with Crippen LogP contribution in [0.2, 0.25) is 0 Å². The van der Waals surface area contributed by atoms with Crippen molar-refractivity contribution in [2.45, 2.75) is 63.5 Å². The van der Waals surface area contributed by atoms with Gasteiger partial charge in [0.05, 0.1) is 12.7 Å². The van der Waals surface area contributed by atoms with Crippen molar-refractivity contribution in [1.29, 1.82) is 0 Å². The Morgan fingerprint density at radius 1 is 1.19 bits per heavy atom. The van der Waals surface area contributed by atoms with Crippen molar-refractivity contribution >= 4 is 10.0 Å². The molecule has 0 saturated carbocycles. The minimum atomic E-state index is -3.79. The van der Waals surface area contributed by atoms with Crippen molar-refractivity contribution < 1.29 is 18.3 Å². The number of aliphatic hydroxyl groups excluding tert-OH is 1. The molecule has 1 aromatic carbocycles. The van der Waals surface area contributed by atoms with Crippen LogP contribution in [0.25, 0.3) is 0 Å². The van der Waals surface area contributed by atoms with Crippen LogP contribution in [0.15, 0.2) is 23.1 Å². The molecule has 1 spiro atoms. The number of nitrogens with zero attached hydrogens (tertiary/aromatic N) is 2. The van der Waals surface area contributed by atoms with E-state index in [1.165, 1.54) is 0 Å². The molecule has 0 bridgehead atoms. The summed E-state index contributed by atoms with van der Waals surface area (Å²) in [6, 6.07) is 5.85. The van der Waals surface area contributed by atoms with Crippen molar-refractivity contribution in [1.82, 2.24) is 14.5 Å². The van der Waals surface area contributed by atoms with Crippen LogP contribution in [0.4, 0.5) is 0 Å². The maximum Gasteiger partial charge on any atom is 0.244 e. The molecular weight excluding hydrogens is 414 g/mol. The van der Waals surface area contributed by atoms with Gasteiger partial charge in [-0.1, -0.05) is 19.9 Å². The molecule has 1 unspecified atom stereocenters. The highest BCUT2D eigenvalue weighted by Crippen LogP contribution is 2.36. The zero-order chi connectivity index (χ0) is 22.8. The fourth-order valence-electron chi connectivity index (χ4n) is 4.66. The molecule has 1 saturated heterocycles. The lowest BCUT2D eigenvalue weighted by molar-refractivity contribution is 0.00859. The Bertz CT molecular complexity index is 848. The Kier molecular flexibility index (Phi) is 7.69. The number of aliphatic hydroxyl groups is 1. The number of hydrogen-bond donors (Lipinski definition) is 2. The van der Waals surface area contributed by atoms with E-state index in [-0.39, 0.29) is 22.8 Å². The first kappa shape index (κ1) is 24.5. The molecule has 0 aromatic heterocycles. The smallest absolute Gasteiger partial charge is 0.244 e. The third kappa shape index (κ3) is 5.99. The summed E-state index contributed by atoms with van der Waals surface area (Å²) in [5, 5.41) is 10.5. The van der Waals surface area contributed by atoms with Gasteiger partial charge in [0.2, 0.25) is 10.0 Å². The van der Waals surface area contributed by atoms with Gasteiger partial charge in [-0.3, -0.25) is 0 Å². The summed E-state index contributed by atoms with van der Waals surface area (Å²) in [7, 11) is -1.80. The van der Waals surface area contributed by atoms with Gasteiger partial charge in [-0.05, 0) is 70.4 Å². The van der Waals surface area contributed by atoms with Crippen molar-refractivity contribution in [3.63, 3.8) is 0 Å². The van der Waals surface area contributed by atoms with Crippen LogP contribution >= 0.6 is 0 Å². The number of likely N-dealkylation sites (tertiary alicyclic amines) is 1. The Hall–Kier alpha value is -1.19. The van der Waals surface area contributed by atoms with E-state index in [0.29, 0.717) is 24.9 Å². The summed E-state index contributed by atoms with van der Waals surface area (Å²) in [4.78, 5) is 4.74. The molecular formula is C23H39N3O4S. The third-order valence-electron chi connectivity index (χ3n) is 6.68. The zero-order valence-electron chi connectivity index (χ0n) is 19.6. The van der Waals surface area contributed by atoms with Gasteiger partial charge < -0.3 is 19.6 Å². The Morgan fingerprint density at radius 2 is 1.87 bits per heavy atom. The van der Waals surface area contributed by atoms with Gasteiger partial charge in [-0.2, -0.15) is 0 Å². The van der Waals surface area contributed by atoms with Crippen LogP contribution in [-0.2, 0) is 10.0 Å². The van der Waals surface area contributed by atoms with E-state index in [2.05, 4.69) is 42.2 Å². The third-order valence-corrected chi connectivity index (χ3v) is 8.15. The fraction of sp³-hybridized carbons (Fsp3) is 0.739. The Balaban J connectivity index is 1.96. The van der Waals surface area contributed by atoms with E-state index in [9.17, 15) is 13.5 Å². The highest BCUT2D eigenvalue weighted by molar-refractivity contribution is 7.89. The minimum absolute atomic E-state index is 0.0217. The molecule has 176 valence electrons. The Morgan fingerprint density at radius 3 is 2.48 bits per heavy atom. The van der Waals surface area contributed by atoms with E-state index >= 15 is 0 Å². The second kappa shape index (κ2) is 9.75. The molecule has 31 heavy (non-hydrogen) atoms. The summed E-state index contributed by atoms with van der Waals surface area (Å²) in [6.45, 7) is 12.3. The molecule has 1 fully saturated rings. The predicted octanol–water partition coefficient (Wildman–Crippen LogP) is 2.26. The number of fused-ring (bicyclic) bond motifs is 1. The molecule has 7 nitrogen and oxygen atoms in total. The van der Waals surface area contributed by atoms with E-state index in [4.69, 9.17) is 4.74 Å². The molecule has 0 amide bonds. The fourth-order valence-corrected chi connectivity index (χ4v) is 5.85. The number of likely N-dealkylation sites (N-methyl/N-ethyl adjacent to an activating group) is 1. The normalized spacial score (nSPS) is 25.6. The topological polar surface area (TPSA) is 82.1 Å². The zero-order valence-corrected chi connectivity index (χ0v) is 20.4.